The van der Waals surface area contributed by atoms with Crippen LogP contribution in [0.1, 0.15) is 17.8 Å². The second-order valence-corrected chi connectivity index (χ2v) is 7.91. The molecular weight excluding hydrogens is 360 g/mol. The maximum absolute atomic E-state index is 11.9. The summed E-state index contributed by atoms with van der Waals surface area (Å²) in [6, 6.07) is 5.44. The number of morpholine rings is 1. The van der Waals surface area contributed by atoms with E-state index in [1.807, 2.05) is 18.2 Å². The molecule has 1 aliphatic heterocycles. The Hall–Kier alpha value is -2.17. The molecule has 1 aromatic carbocycles. The lowest BCUT2D eigenvalue weighted by atomic mass is 10.2. The number of benzene rings is 1. The lowest BCUT2D eigenvalue weighted by Gasteiger charge is -2.31. The molecule has 2 heterocycles. The topological polar surface area (TPSA) is 95.8 Å². The van der Waals surface area contributed by atoms with Gasteiger partial charge in [0.15, 0.2) is 5.82 Å². The summed E-state index contributed by atoms with van der Waals surface area (Å²) in [4.78, 5) is 0. The van der Waals surface area contributed by atoms with Gasteiger partial charge in [-0.3, -0.25) is 4.57 Å². The fourth-order valence-corrected chi connectivity index (χ4v) is 3.81. The van der Waals surface area contributed by atoms with Crippen LogP contribution >= 0.6 is 0 Å². The summed E-state index contributed by atoms with van der Waals surface area (Å²) in [6.07, 6.45) is 0.642. The number of aryl methyl sites for hydroxylation is 1. The molecule has 1 saturated heterocycles. The molecule has 0 N–H and O–H groups in total. The van der Waals surface area contributed by atoms with E-state index in [1.54, 1.807) is 25.7 Å². The molecule has 10 heteroatoms. The minimum atomic E-state index is -3.32. The van der Waals surface area contributed by atoms with Crippen molar-refractivity contribution in [1.29, 1.82) is 0 Å². The SMILES string of the molecule is COc1cccc(OC)c1-n1c(C)nnc1[C@@H]1CN(S(C)(=O)=O)CCO1. The molecule has 1 aromatic heterocycles. The van der Waals surface area contributed by atoms with Crippen molar-refractivity contribution < 1.29 is 22.6 Å². The Morgan fingerprint density at radius 1 is 1.19 bits per heavy atom. The number of hydrogen-bond acceptors (Lipinski definition) is 7. The van der Waals surface area contributed by atoms with Crippen molar-refractivity contribution in [3.05, 3.63) is 29.8 Å². The Labute approximate surface area is 152 Å². The van der Waals surface area contributed by atoms with E-state index in [1.165, 1.54) is 10.6 Å². The smallest absolute Gasteiger partial charge is 0.211 e. The molecule has 142 valence electrons. The largest absolute Gasteiger partial charge is 0.494 e. The summed E-state index contributed by atoms with van der Waals surface area (Å²) in [5, 5.41) is 8.40. The molecule has 0 saturated carbocycles. The fraction of sp³-hybridized carbons (Fsp3) is 0.500. The normalized spacial score (nSPS) is 18.7. The van der Waals surface area contributed by atoms with Crippen molar-refractivity contribution in [2.45, 2.75) is 13.0 Å². The van der Waals surface area contributed by atoms with Crippen LogP contribution in [0.15, 0.2) is 18.2 Å². The maximum Gasteiger partial charge on any atom is 0.211 e. The molecule has 26 heavy (non-hydrogen) atoms. The Morgan fingerprint density at radius 3 is 2.42 bits per heavy atom. The van der Waals surface area contributed by atoms with Crippen molar-refractivity contribution >= 4 is 10.0 Å². The third-order valence-electron chi connectivity index (χ3n) is 4.26. The zero-order chi connectivity index (χ0) is 18.9. The van der Waals surface area contributed by atoms with Crippen LogP contribution < -0.4 is 9.47 Å². The molecule has 0 aliphatic carbocycles. The third kappa shape index (κ3) is 3.39. The summed E-state index contributed by atoms with van der Waals surface area (Å²) in [7, 11) is -0.177. The molecule has 0 spiro atoms. The minimum absolute atomic E-state index is 0.175. The highest BCUT2D eigenvalue weighted by molar-refractivity contribution is 7.88. The number of ether oxygens (including phenoxy) is 3. The van der Waals surface area contributed by atoms with Crippen LogP contribution in [0.5, 0.6) is 11.5 Å². The number of aromatic nitrogens is 3. The summed E-state index contributed by atoms with van der Waals surface area (Å²) in [5.74, 6) is 2.29. The average Bonchev–Trinajstić information content (AvgIpc) is 3.01. The molecule has 0 bridgehead atoms. The molecular formula is C16H22N4O5S. The highest BCUT2D eigenvalue weighted by atomic mass is 32.2. The molecule has 2 aromatic rings. The second-order valence-electron chi connectivity index (χ2n) is 5.93. The van der Waals surface area contributed by atoms with Gasteiger partial charge >= 0.3 is 0 Å². The van der Waals surface area contributed by atoms with Gasteiger partial charge in [0, 0.05) is 13.1 Å². The van der Waals surface area contributed by atoms with E-state index in [2.05, 4.69) is 10.2 Å². The van der Waals surface area contributed by atoms with Crippen molar-refractivity contribution in [2.24, 2.45) is 0 Å². The highest BCUT2D eigenvalue weighted by Gasteiger charge is 2.32. The van der Waals surface area contributed by atoms with Gasteiger partial charge in [0.25, 0.3) is 0 Å². The van der Waals surface area contributed by atoms with E-state index in [9.17, 15) is 8.42 Å². The Bertz CT molecular complexity index is 874. The minimum Gasteiger partial charge on any atom is -0.494 e. The monoisotopic (exact) mass is 382 g/mol. The molecule has 3 rings (SSSR count). The van der Waals surface area contributed by atoms with Gasteiger partial charge < -0.3 is 14.2 Å². The standard InChI is InChI=1S/C16H22N4O5S/c1-11-17-18-16(14-10-19(8-9-25-14)26(4,21)22)20(11)15-12(23-2)6-5-7-13(15)24-3/h5-7,14H,8-10H2,1-4H3/t14-/m0/s1. The lowest BCUT2D eigenvalue weighted by Crippen LogP contribution is -2.42. The van der Waals surface area contributed by atoms with Gasteiger partial charge in [-0.25, -0.2) is 8.42 Å². The van der Waals surface area contributed by atoms with E-state index in [-0.39, 0.29) is 13.2 Å². The molecule has 1 atom stereocenters. The van der Waals surface area contributed by atoms with Crippen LogP contribution in [0.3, 0.4) is 0 Å². The van der Waals surface area contributed by atoms with E-state index in [0.29, 0.717) is 35.4 Å². The first kappa shape index (κ1) is 18.6. The first-order chi connectivity index (χ1) is 12.4. The lowest BCUT2D eigenvalue weighted by molar-refractivity contribution is -0.00836. The van der Waals surface area contributed by atoms with Gasteiger partial charge in [-0.2, -0.15) is 4.31 Å². The molecule has 0 amide bonds. The molecule has 0 radical (unpaired) electrons. The van der Waals surface area contributed by atoms with E-state index >= 15 is 0 Å². The summed E-state index contributed by atoms with van der Waals surface area (Å²) >= 11 is 0. The number of sulfonamides is 1. The Balaban J connectivity index is 2.09. The molecule has 1 fully saturated rings. The molecule has 9 nitrogen and oxygen atoms in total. The van der Waals surface area contributed by atoms with Crippen LogP contribution in [-0.2, 0) is 14.8 Å². The Kier molecular flexibility index (Phi) is 5.17. The zero-order valence-corrected chi connectivity index (χ0v) is 16.0. The fourth-order valence-electron chi connectivity index (χ4n) is 3.00. The first-order valence-corrected chi connectivity index (χ1v) is 9.91. The van der Waals surface area contributed by atoms with Crippen molar-refractivity contribution in [2.75, 3.05) is 40.2 Å². The summed E-state index contributed by atoms with van der Waals surface area (Å²) in [6.45, 7) is 2.58. The second kappa shape index (κ2) is 7.22. The maximum atomic E-state index is 11.9. The van der Waals surface area contributed by atoms with Gasteiger partial charge in [-0.05, 0) is 19.1 Å². The molecule has 1 aliphatic rings. The van der Waals surface area contributed by atoms with Crippen LogP contribution in [0.4, 0.5) is 0 Å². The molecule has 0 unspecified atom stereocenters. The van der Waals surface area contributed by atoms with E-state index in [0.717, 1.165) is 0 Å². The van der Waals surface area contributed by atoms with Gasteiger partial charge in [-0.15, -0.1) is 10.2 Å². The van der Waals surface area contributed by atoms with Crippen LogP contribution in [0.2, 0.25) is 0 Å². The van der Waals surface area contributed by atoms with Crippen LogP contribution in [0.25, 0.3) is 5.69 Å². The summed E-state index contributed by atoms with van der Waals surface area (Å²) in [5.41, 5.74) is 0.648. The van der Waals surface area contributed by atoms with Gasteiger partial charge in [0.1, 0.15) is 29.1 Å². The van der Waals surface area contributed by atoms with Crippen molar-refractivity contribution in [3.63, 3.8) is 0 Å². The Morgan fingerprint density at radius 2 is 1.85 bits per heavy atom. The number of rotatable bonds is 5. The van der Waals surface area contributed by atoms with E-state index in [4.69, 9.17) is 14.2 Å². The number of para-hydroxylation sites is 1. The summed E-state index contributed by atoms with van der Waals surface area (Å²) < 4.78 is 43.8. The van der Waals surface area contributed by atoms with Gasteiger partial charge in [0.05, 0.1) is 27.1 Å². The number of hydrogen-bond donors (Lipinski definition) is 0. The van der Waals surface area contributed by atoms with Crippen molar-refractivity contribution in [3.8, 4) is 17.2 Å². The van der Waals surface area contributed by atoms with Gasteiger partial charge in [-0.1, -0.05) is 6.07 Å². The number of methoxy groups -OCH3 is 2. The van der Waals surface area contributed by atoms with Crippen LogP contribution in [-0.4, -0.2) is 67.7 Å². The predicted octanol–water partition coefficient (Wildman–Crippen LogP) is 0.926. The van der Waals surface area contributed by atoms with Gasteiger partial charge in [0.2, 0.25) is 10.0 Å². The highest BCUT2D eigenvalue weighted by Crippen LogP contribution is 2.36. The predicted molar refractivity (Wildman–Crippen MR) is 94.3 cm³/mol. The third-order valence-corrected chi connectivity index (χ3v) is 5.53. The average molecular weight is 382 g/mol. The van der Waals surface area contributed by atoms with Crippen LogP contribution in [0, 0.1) is 6.92 Å². The van der Waals surface area contributed by atoms with Crippen molar-refractivity contribution in [1.82, 2.24) is 19.1 Å². The van der Waals surface area contributed by atoms with E-state index < -0.39 is 16.1 Å². The zero-order valence-electron chi connectivity index (χ0n) is 15.2. The quantitative estimate of drug-likeness (QED) is 0.759. The number of nitrogens with zero attached hydrogens (tertiary/aromatic N) is 4. The first-order valence-electron chi connectivity index (χ1n) is 8.06.